The van der Waals surface area contributed by atoms with Gasteiger partial charge < -0.3 is 9.84 Å². The van der Waals surface area contributed by atoms with E-state index in [1.165, 1.54) is 7.11 Å². The average Bonchev–Trinajstić information content (AvgIpc) is 2.24. The van der Waals surface area contributed by atoms with Crippen molar-refractivity contribution >= 4 is 5.97 Å². The maximum absolute atomic E-state index is 11.1. The number of aromatic nitrogens is 2. The van der Waals surface area contributed by atoms with Crippen LogP contribution in [0.1, 0.15) is 37.2 Å². The molecule has 0 aliphatic heterocycles. The van der Waals surface area contributed by atoms with Gasteiger partial charge in [-0.1, -0.05) is 13.3 Å². The highest BCUT2D eigenvalue weighted by Crippen LogP contribution is 2.22. The molecule has 0 aliphatic carbocycles. The predicted molar refractivity (Wildman–Crippen MR) is 58.6 cm³/mol. The first-order valence-electron chi connectivity index (χ1n) is 5.20. The first-order chi connectivity index (χ1) is 7.58. The van der Waals surface area contributed by atoms with Crippen molar-refractivity contribution in [3.63, 3.8) is 0 Å². The highest BCUT2D eigenvalue weighted by molar-refractivity contribution is 5.75. The Morgan fingerprint density at radius 1 is 1.56 bits per heavy atom. The van der Waals surface area contributed by atoms with Crippen molar-refractivity contribution < 1.29 is 14.6 Å². The van der Waals surface area contributed by atoms with Gasteiger partial charge in [0.25, 0.3) is 0 Å². The highest BCUT2D eigenvalue weighted by atomic mass is 16.5. The number of carboxylic acid groups (broad SMARTS) is 1. The summed E-state index contributed by atoms with van der Waals surface area (Å²) in [5.41, 5.74) is 0.513. The third-order valence-electron chi connectivity index (χ3n) is 2.28. The minimum absolute atomic E-state index is 0.407. The molecule has 5 heteroatoms. The standard InChI is InChI=1S/C11H16N2O3/c1-4-5-8(11(14)15)9-6-10(16-3)13-7(2)12-9/h6,8H,4-5H2,1-3H3,(H,14,15). The van der Waals surface area contributed by atoms with Gasteiger partial charge >= 0.3 is 5.97 Å². The van der Waals surface area contributed by atoms with Crippen LogP contribution in [0.4, 0.5) is 0 Å². The Kier molecular flexibility index (Phi) is 4.22. The molecule has 1 unspecified atom stereocenters. The SMILES string of the molecule is CCCC(C(=O)O)c1cc(OC)nc(C)n1. The maximum atomic E-state index is 11.1. The summed E-state index contributed by atoms with van der Waals surface area (Å²) in [6, 6.07) is 1.58. The largest absolute Gasteiger partial charge is 0.481 e. The molecule has 0 saturated carbocycles. The maximum Gasteiger partial charge on any atom is 0.312 e. The number of rotatable bonds is 5. The Morgan fingerprint density at radius 2 is 2.25 bits per heavy atom. The summed E-state index contributed by atoms with van der Waals surface area (Å²) in [5, 5.41) is 9.11. The predicted octanol–water partition coefficient (Wildman–Crippen LogP) is 1.76. The van der Waals surface area contributed by atoms with Gasteiger partial charge in [-0.05, 0) is 13.3 Å². The van der Waals surface area contributed by atoms with Crippen LogP contribution in [0, 0.1) is 6.92 Å². The summed E-state index contributed by atoms with van der Waals surface area (Å²) >= 11 is 0. The van der Waals surface area contributed by atoms with E-state index >= 15 is 0 Å². The van der Waals surface area contributed by atoms with E-state index in [-0.39, 0.29) is 0 Å². The van der Waals surface area contributed by atoms with E-state index in [0.29, 0.717) is 23.8 Å². The zero-order valence-corrected chi connectivity index (χ0v) is 9.73. The first-order valence-corrected chi connectivity index (χ1v) is 5.20. The van der Waals surface area contributed by atoms with Crippen molar-refractivity contribution in [3.8, 4) is 5.88 Å². The number of hydrogen-bond acceptors (Lipinski definition) is 4. The molecule has 5 nitrogen and oxygen atoms in total. The molecule has 0 fully saturated rings. The van der Waals surface area contributed by atoms with E-state index in [0.717, 1.165) is 6.42 Å². The van der Waals surface area contributed by atoms with Crippen molar-refractivity contribution in [1.29, 1.82) is 0 Å². The van der Waals surface area contributed by atoms with Gasteiger partial charge in [-0.2, -0.15) is 4.98 Å². The van der Waals surface area contributed by atoms with Crippen molar-refractivity contribution in [2.75, 3.05) is 7.11 Å². The monoisotopic (exact) mass is 224 g/mol. The highest BCUT2D eigenvalue weighted by Gasteiger charge is 2.21. The summed E-state index contributed by atoms with van der Waals surface area (Å²) in [7, 11) is 1.50. The number of carbonyl (C=O) groups is 1. The summed E-state index contributed by atoms with van der Waals surface area (Å²) < 4.78 is 5.00. The van der Waals surface area contributed by atoms with E-state index in [9.17, 15) is 4.79 Å². The van der Waals surface area contributed by atoms with Gasteiger partial charge in [0.1, 0.15) is 5.82 Å². The van der Waals surface area contributed by atoms with Gasteiger partial charge in [0.15, 0.2) is 0 Å². The lowest BCUT2D eigenvalue weighted by Gasteiger charge is -2.11. The second-order valence-corrected chi connectivity index (χ2v) is 3.56. The normalized spacial score (nSPS) is 12.2. The van der Waals surface area contributed by atoms with Gasteiger partial charge in [-0.3, -0.25) is 4.79 Å². The summed E-state index contributed by atoms with van der Waals surface area (Å²) in [4.78, 5) is 19.3. The molecule has 0 bridgehead atoms. The minimum atomic E-state index is -0.859. The molecular weight excluding hydrogens is 208 g/mol. The van der Waals surface area contributed by atoms with Gasteiger partial charge in [-0.25, -0.2) is 4.98 Å². The van der Waals surface area contributed by atoms with E-state index in [1.807, 2.05) is 6.92 Å². The molecule has 0 radical (unpaired) electrons. The second kappa shape index (κ2) is 5.44. The molecule has 0 amide bonds. The van der Waals surface area contributed by atoms with Crippen molar-refractivity contribution in [3.05, 3.63) is 17.6 Å². The summed E-state index contributed by atoms with van der Waals surface area (Å²) in [6.45, 7) is 3.66. The van der Waals surface area contributed by atoms with E-state index < -0.39 is 11.9 Å². The number of aliphatic carboxylic acids is 1. The van der Waals surface area contributed by atoms with Gasteiger partial charge in [0.05, 0.1) is 18.7 Å². The van der Waals surface area contributed by atoms with Gasteiger partial charge in [0, 0.05) is 6.07 Å². The van der Waals surface area contributed by atoms with Gasteiger partial charge in [0.2, 0.25) is 5.88 Å². The molecule has 1 N–H and O–H groups in total. The molecule has 0 aliphatic rings. The van der Waals surface area contributed by atoms with Crippen LogP contribution in [-0.4, -0.2) is 28.2 Å². The fourth-order valence-electron chi connectivity index (χ4n) is 1.53. The Balaban J connectivity index is 3.08. The Hall–Kier alpha value is -1.65. The van der Waals surface area contributed by atoms with Crippen LogP contribution in [-0.2, 0) is 4.79 Å². The molecule has 0 saturated heterocycles. The molecule has 1 heterocycles. The van der Waals surface area contributed by atoms with Crippen LogP contribution < -0.4 is 4.74 Å². The molecule has 1 aromatic heterocycles. The van der Waals surface area contributed by atoms with Crippen LogP contribution in [0.5, 0.6) is 5.88 Å². The molecule has 0 aromatic carbocycles. The number of nitrogens with zero attached hydrogens (tertiary/aromatic N) is 2. The molecule has 0 spiro atoms. The average molecular weight is 224 g/mol. The number of aryl methyl sites for hydroxylation is 1. The van der Waals surface area contributed by atoms with Crippen molar-refractivity contribution in [2.45, 2.75) is 32.6 Å². The van der Waals surface area contributed by atoms with Crippen LogP contribution in [0.2, 0.25) is 0 Å². The third-order valence-corrected chi connectivity index (χ3v) is 2.28. The lowest BCUT2D eigenvalue weighted by molar-refractivity contribution is -0.139. The smallest absolute Gasteiger partial charge is 0.312 e. The van der Waals surface area contributed by atoms with Crippen LogP contribution in [0.3, 0.4) is 0 Å². The molecular formula is C11H16N2O3. The van der Waals surface area contributed by atoms with E-state index in [2.05, 4.69) is 9.97 Å². The molecule has 1 aromatic rings. The molecule has 1 atom stereocenters. The lowest BCUT2D eigenvalue weighted by Crippen LogP contribution is -2.14. The lowest BCUT2D eigenvalue weighted by atomic mass is 10.00. The number of carboxylic acids is 1. The van der Waals surface area contributed by atoms with Gasteiger partial charge in [-0.15, -0.1) is 0 Å². The van der Waals surface area contributed by atoms with Crippen LogP contribution in [0.25, 0.3) is 0 Å². The second-order valence-electron chi connectivity index (χ2n) is 3.56. The Bertz CT molecular complexity index is 379. The minimum Gasteiger partial charge on any atom is -0.481 e. The number of methoxy groups -OCH3 is 1. The fraction of sp³-hybridized carbons (Fsp3) is 0.545. The zero-order chi connectivity index (χ0) is 12.1. The van der Waals surface area contributed by atoms with Crippen LogP contribution >= 0.6 is 0 Å². The van der Waals surface area contributed by atoms with E-state index in [1.54, 1.807) is 13.0 Å². The number of ether oxygens (including phenoxy) is 1. The molecule has 88 valence electrons. The number of hydrogen-bond donors (Lipinski definition) is 1. The molecule has 1 rings (SSSR count). The first kappa shape index (κ1) is 12.4. The fourth-order valence-corrected chi connectivity index (χ4v) is 1.53. The topological polar surface area (TPSA) is 72.3 Å². The summed E-state index contributed by atoms with van der Waals surface area (Å²) in [6.07, 6.45) is 1.36. The quantitative estimate of drug-likeness (QED) is 0.825. The summed E-state index contributed by atoms with van der Waals surface area (Å²) in [5.74, 6) is -0.510. The van der Waals surface area contributed by atoms with Crippen molar-refractivity contribution in [1.82, 2.24) is 9.97 Å². The molecule has 16 heavy (non-hydrogen) atoms. The van der Waals surface area contributed by atoms with E-state index in [4.69, 9.17) is 9.84 Å². The third kappa shape index (κ3) is 2.92. The van der Waals surface area contributed by atoms with Crippen molar-refractivity contribution in [2.24, 2.45) is 0 Å². The Morgan fingerprint density at radius 3 is 2.75 bits per heavy atom. The zero-order valence-electron chi connectivity index (χ0n) is 9.73. The Labute approximate surface area is 94.5 Å². The van der Waals surface area contributed by atoms with Crippen LogP contribution in [0.15, 0.2) is 6.07 Å².